The second-order valence-corrected chi connectivity index (χ2v) is 6.35. The van der Waals surface area contributed by atoms with Crippen LogP contribution in [0.25, 0.3) is 0 Å². The van der Waals surface area contributed by atoms with Crippen LogP contribution in [-0.2, 0) is 0 Å². The zero-order chi connectivity index (χ0) is 13.2. The molecule has 0 spiro atoms. The fourth-order valence-corrected chi connectivity index (χ4v) is 2.94. The standard InChI is InChI=1S/C16H34N2/c1-4-5-6-7-8-9-11-18-12-10-17-16(14-18)13-15(2)3/h15-17H,4-14H2,1-3H3. The lowest BCUT2D eigenvalue weighted by Gasteiger charge is -2.34. The van der Waals surface area contributed by atoms with Gasteiger partial charge in [0.05, 0.1) is 0 Å². The number of rotatable bonds is 9. The molecule has 0 aliphatic carbocycles. The minimum absolute atomic E-state index is 0.735. The molecule has 18 heavy (non-hydrogen) atoms. The van der Waals surface area contributed by atoms with Crippen LogP contribution in [0.3, 0.4) is 0 Å². The summed E-state index contributed by atoms with van der Waals surface area (Å²) in [4.78, 5) is 2.67. The number of unbranched alkanes of at least 4 members (excludes halogenated alkanes) is 5. The fourth-order valence-electron chi connectivity index (χ4n) is 2.94. The van der Waals surface area contributed by atoms with Crippen molar-refractivity contribution < 1.29 is 0 Å². The Morgan fingerprint density at radius 3 is 2.56 bits per heavy atom. The van der Waals surface area contributed by atoms with Crippen LogP contribution in [0.4, 0.5) is 0 Å². The molecule has 2 nitrogen and oxygen atoms in total. The van der Waals surface area contributed by atoms with E-state index in [-0.39, 0.29) is 0 Å². The molecule has 1 rings (SSSR count). The maximum atomic E-state index is 3.66. The van der Waals surface area contributed by atoms with E-state index in [0.29, 0.717) is 0 Å². The smallest absolute Gasteiger partial charge is 0.0197 e. The van der Waals surface area contributed by atoms with Gasteiger partial charge >= 0.3 is 0 Å². The van der Waals surface area contributed by atoms with Crippen LogP contribution in [0.1, 0.15) is 65.7 Å². The van der Waals surface area contributed by atoms with Crippen molar-refractivity contribution in [1.82, 2.24) is 10.2 Å². The highest BCUT2D eigenvalue weighted by Crippen LogP contribution is 2.11. The van der Waals surface area contributed by atoms with E-state index in [2.05, 4.69) is 31.0 Å². The molecule has 0 aromatic rings. The lowest BCUT2D eigenvalue weighted by atomic mass is 10.0. The molecule has 1 unspecified atom stereocenters. The summed E-state index contributed by atoms with van der Waals surface area (Å²) in [5, 5.41) is 3.66. The Kier molecular flexibility index (Phi) is 8.70. The Morgan fingerprint density at radius 2 is 1.83 bits per heavy atom. The van der Waals surface area contributed by atoms with Gasteiger partial charge in [0.25, 0.3) is 0 Å². The van der Waals surface area contributed by atoms with Gasteiger partial charge in [-0.25, -0.2) is 0 Å². The summed E-state index contributed by atoms with van der Waals surface area (Å²) in [5.74, 6) is 0.816. The maximum Gasteiger partial charge on any atom is 0.0197 e. The largest absolute Gasteiger partial charge is 0.311 e. The normalized spacial score (nSPS) is 21.7. The minimum atomic E-state index is 0.735. The Balaban J connectivity index is 2.03. The second-order valence-electron chi connectivity index (χ2n) is 6.35. The van der Waals surface area contributed by atoms with Crippen LogP contribution < -0.4 is 5.32 Å². The molecule has 1 aliphatic rings. The van der Waals surface area contributed by atoms with Gasteiger partial charge in [0, 0.05) is 25.7 Å². The van der Waals surface area contributed by atoms with E-state index in [1.807, 2.05) is 0 Å². The summed E-state index contributed by atoms with van der Waals surface area (Å²) in [5.41, 5.74) is 0. The van der Waals surface area contributed by atoms with E-state index in [1.165, 1.54) is 71.1 Å². The first kappa shape index (κ1) is 16.0. The second kappa shape index (κ2) is 9.80. The number of piperazine rings is 1. The monoisotopic (exact) mass is 254 g/mol. The van der Waals surface area contributed by atoms with Crippen molar-refractivity contribution in [2.75, 3.05) is 26.2 Å². The molecule has 0 saturated carbocycles. The number of nitrogens with zero attached hydrogens (tertiary/aromatic N) is 1. The number of hydrogen-bond donors (Lipinski definition) is 1. The topological polar surface area (TPSA) is 15.3 Å². The van der Waals surface area contributed by atoms with Crippen molar-refractivity contribution in [2.24, 2.45) is 5.92 Å². The molecule has 1 atom stereocenters. The van der Waals surface area contributed by atoms with Crippen LogP contribution >= 0.6 is 0 Å². The molecule has 1 aliphatic heterocycles. The zero-order valence-corrected chi connectivity index (χ0v) is 12.9. The van der Waals surface area contributed by atoms with E-state index in [1.54, 1.807) is 0 Å². The third-order valence-corrected chi connectivity index (χ3v) is 3.92. The van der Waals surface area contributed by atoms with Crippen LogP contribution in [0.15, 0.2) is 0 Å². The predicted octanol–water partition coefficient (Wildman–Crippen LogP) is 3.67. The van der Waals surface area contributed by atoms with E-state index in [4.69, 9.17) is 0 Å². The van der Waals surface area contributed by atoms with Crippen molar-refractivity contribution >= 4 is 0 Å². The van der Waals surface area contributed by atoms with Crippen LogP contribution in [0.2, 0.25) is 0 Å². The highest BCUT2D eigenvalue weighted by atomic mass is 15.2. The lowest BCUT2D eigenvalue weighted by molar-refractivity contribution is 0.183. The molecule has 1 fully saturated rings. The van der Waals surface area contributed by atoms with Gasteiger partial charge in [-0.15, -0.1) is 0 Å². The van der Waals surface area contributed by atoms with Crippen LogP contribution in [0, 0.1) is 5.92 Å². The summed E-state index contributed by atoms with van der Waals surface area (Å²) < 4.78 is 0. The van der Waals surface area contributed by atoms with Gasteiger partial charge in [0.15, 0.2) is 0 Å². The zero-order valence-electron chi connectivity index (χ0n) is 12.9. The molecule has 0 aromatic carbocycles. The summed E-state index contributed by atoms with van der Waals surface area (Å²) >= 11 is 0. The van der Waals surface area contributed by atoms with Gasteiger partial charge in [0.2, 0.25) is 0 Å². The molecule has 1 heterocycles. The molecular formula is C16H34N2. The Labute approximate surface area is 115 Å². The summed E-state index contributed by atoms with van der Waals surface area (Å²) in [6.45, 7) is 12.0. The quantitative estimate of drug-likeness (QED) is 0.632. The van der Waals surface area contributed by atoms with Gasteiger partial charge in [0.1, 0.15) is 0 Å². The minimum Gasteiger partial charge on any atom is -0.311 e. The fraction of sp³-hybridized carbons (Fsp3) is 1.00. The third-order valence-electron chi connectivity index (χ3n) is 3.92. The molecule has 2 heteroatoms. The molecule has 0 bridgehead atoms. The maximum absolute atomic E-state index is 3.66. The van der Waals surface area contributed by atoms with Crippen molar-refractivity contribution in [3.8, 4) is 0 Å². The molecule has 108 valence electrons. The Morgan fingerprint density at radius 1 is 1.11 bits per heavy atom. The predicted molar refractivity (Wildman–Crippen MR) is 81.1 cm³/mol. The van der Waals surface area contributed by atoms with Crippen LogP contribution in [0.5, 0.6) is 0 Å². The van der Waals surface area contributed by atoms with E-state index < -0.39 is 0 Å². The lowest BCUT2D eigenvalue weighted by Crippen LogP contribution is -2.51. The van der Waals surface area contributed by atoms with Crippen molar-refractivity contribution in [3.63, 3.8) is 0 Å². The summed E-state index contributed by atoms with van der Waals surface area (Å²) in [7, 11) is 0. The van der Waals surface area contributed by atoms with Gasteiger partial charge in [-0.3, -0.25) is 0 Å². The van der Waals surface area contributed by atoms with E-state index in [0.717, 1.165) is 12.0 Å². The van der Waals surface area contributed by atoms with E-state index in [9.17, 15) is 0 Å². The number of hydrogen-bond acceptors (Lipinski definition) is 2. The summed E-state index contributed by atoms with van der Waals surface area (Å²) in [6, 6.07) is 0.735. The molecule has 1 N–H and O–H groups in total. The van der Waals surface area contributed by atoms with Crippen molar-refractivity contribution in [1.29, 1.82) is 0 Å². The summed E-state index contributed by atoms with van der Waals surface area (Å²) in [6.07, 6.45) is 9.81. The van der Waals surface area contributed by atoms with Crippen molar-refractivity contribution in [3.05, 3.63) is 0 Å². The molecular weight excluding hydrogens is 220 g/mol. The van der Waals surface area contributed by atoms with Crippen LogP contribution in [-0.4, -0.2) is 37.1 Å². The first-order chi connectivity index (χ1) is 8.72. The molecule has 0 amide bonds. The van der Waals surface area contributed by atoms with Gasteiger partial charge < -0.3 is 10.2 Å². The SMILES string of the molecule is CCCCCCCCN1CCNC(CC(C)C)C1. The molecule has 0 radical (unpaired) electrons. The Bertz CT molecular complexity index is 192. The molecule has 0 aromatic heterocycles. The van der Waals surface area contributed by atoms with Gasteiger partial charge in [-0.05, 0) is 25.3 Å². The first-order valence-corrected chi connectivity index (χ1v) is 8.18. The average Bonchev–Trinajstić information content (AvgIpc) is 2.33. The van der Waals surface area contributed by atoms with Gasteiger partial charge in [-0.2, -0.15) is 0 Å². The molecule has 1 saturated heterocycles. The highest BCUT2D eigenvalue weighted by molar-refractivity contribution is 4.79. The third kappa shape index (κ3) is 7.38. The van der Waals surface area contributed by atoms with Gasteiger partial charge in [-0.1, -0.05) is 52.9 Å². The highest BCUT2D eigenvalue weighted by Gasteiger charge is 2.19. The van der Waals surface area contributed by atoms with E-state index >= 15 is 0 Å². The first-order valence-electron chi connectivity index (χ1n) is 8.18. The Hall–Kier alpha value is -0.0800. The number of nitrogens with one attached hydrogen (secondary N) is 1. The van der Waals surface area contributed by atoms with Crippen molar-refractivity contribution in [2.45, 2.75) is 71.8 Å². The average molecular weight is 254 g/mol.